The van der Waals surface area contributed by atoms with Gasteiger partial charge in [-0.05, 0) is 50.6 Å². The summed E-state index contributed by atoms with van der Waals surface area (Å²) < 4.78 is 0. The third-order valence-electron chi connectivity index (χ3n) is 4.26. The van der Waals surface area contributed by atoms with E-state index < -0.39 is 0 Å². The maximum absolute atomic E-state index is 10.1. The third kappa shape index (κ3) is 6.53. The molecule has 0 aromatic rings. The number of aliphatic hydroxyl groups is 2. The molecule has 0 saturated carbocycles. The van der Waals surface area contributed by atoms with Gasteiger partial charge in [-0.3, -0.25) is 0 Å². The molecule has 1 aliphatic rings. The minimum Gasteiger partial charge on any atom is -0.396 e. The Balaban J connectivity index is 2.46. The molecule has 1 aliphatic heterocycles. The second-order valence-electron chi connectivity index (χ2n) is 6.64. The van der Waals surface area contributed by atoms with E-state index in [2.05, 4.69) is 31.0 Å². The van der Waals surface area contributed by atoms with Crippen molar-refractivity contribution in [2.75, 3.05) is 32.8 Å². The summed E-state index contributed by atoms with van der Waals surface area (Å²) in [6, 6.07) is 0.506. The first kappa shape index (κ1) is 17.9. The van der Waals surface area contributed by atoms with Gasteiger partial charge < -0.3 is 20.4 Å². The van der Waals surface area contributed by atoms with Gasteiger partial charge >= 0.3 is 0 Å². The average molecular weight is 286 g/mol. The summed E-state index contributed by atoms with van der Waals surface area (Å²) in [5, 5.41) is 22.6. The Hall–Kier alpha value is -0.160. The highest BCUT2D eigenvalue weighted by Gasteiger charge is 2.28. The van der Waals surface area contributed by atoms with Crippen molar-refractivity contribution in [3.05, 3.63) is 0 Å². The van der Waals surface area contributed by atoms with Gasteiger partial charge in [0, 0.05) is 25.7 Å². The molecule has 0 aliphatic carbocycles. The van der Waals surface area contributed by atoms with Gasteiger partial charge in [-0.25, -0.2) is 0 Å². The number of aliphatic hydroxyl groups excluding tert-OH is 2. The Labute approximate surface area is 124 Å². The molecule has 0 spiro atoms. The fourth-order valence-electron chi connectivity index (χ4n) is 3.12. The quantitative estimate of drug-likeness (QED) is 0.562. The molecule has 0 bridgehead atoms. The number of hydrogen-bond acceptors (Lipinski definition) is 4. The van der Waals surface area contributed by atoms with Crippen molar-refractivity contribution in [2.45, 2.75) is 58.6 Å². The summed E-state index contributed by atoms with van der Waals surface area (Å²) in [5.41, 5.74) is 0. The molecule has 1 fully saturated rings. The topological polar surface area (TPSA) is 55.7 Å². The van der Waals surface area contributed by atoms with Crippen LogP contribution in [0.2, 0.25) is 0 Å². The Morgan fingerprint density at radius 1 is 1.30 bits per heavy atom. The maximum atomic E-state index is 10.1. The molecule has 0 amide bonds. The second-order valence-corrected chi connectivity index (χ2v) is 6.64. The molecule has 3 atom stereocenters. The summed E-state index contributed by atoms with van der Waals surface area (Å²) >= 11 is 0. The zero-order valence-corrected chi connectivity index (χ0v) is 13.5. The maximum Gasteiger partial charge on any atom is 0.0566 e. The Morgan fingerprint density at radius 2 is 2.05 bits per heavy atom. The predicted molar refractivity (Wildman–Crippen MR) is 83.8 cm³/mol. The minimum absolute atomic E-state index is 0.181. The van der Waals surface area contributed by atoms with Crippen LogP contribution in [0.1, 0.15) is 46.5 Å². The van der Waals surface area contributed by atoms with E-state index in [9.17, 15) is 5.11 Å². The first-order chi connectivity index (χ1) is 9.56. The highest BCUT2D eigenvalue weighted by Crippen LogP contribution is 2.24. The van der Waals surface area contributed by atoms with Gasteiger partial charge in [-0.15, -0.1) is 0 Å². The molecular weight excluding hydrogens is 252 g/mol. The van der Waals surface area contributed by atoms with Crippen molar-refractivity contribution in [2.24, 2.45) is 11.8 Å². The lowest BCUT2D eigenvalue weighted by Crippen LogP contribution is -2.50. The molecule has 0 aromatic heterocycles. The van der Waals surface area contributed by atoms with E-state index in [0.717, 1.165) is 45.4 Å². The molecule has 3 N–H and O–H groups in total. The minimum atomic E-state index is -0.181. The van der Waals surface area contributed by atoms with Crippen LogP contribution in [0.15, 0.2) is 0 Å². The Kier molecular flexibility index (Phi) is 8.69. The monoisotopic (exact) mass is 286 g/mol. The SMILES string of the molecule is CCCN1CC(CC(O)C(C)C)CC(NCCCO)C1. The van der Waals surface area contributed by atoms with Crippen LogP contribution in [0.3, 0.4) is 0 Å². The second kappa shape index (κ2) is 9.72. The van der Waals surface area contributed by atoms with Crippen LogP contribution in [-0.4, -0.2) is 60.0 Å². The van der Waals surface area contributed by atoms with Crippen molar-refractivity contribution in [1.29, 1.82) is 0 Å². The lowest BCUT2D eigenvalue weighted by molar-refractivity contribution is 0.0615. The highest BCUT2D eigenvalue weighted by molar-refractivity contribution is 4.85. The molecule has 120 valence electrons. The van der Waals surface area contributed by atoms with E-state index in [1.807, 2.05) is 0 Å². The molecule has 1 rings (SSSR count). The van der Waals surface area contributed by atoms with E-state index in [0.29, 0.717) is 17.9 Å². The van der Waals surface area contributed by atoms with E-state index >= 15 is 0 Å². The van der Waals surface area contributed by atoms with Crippen molar-refractivity contribution < 1.29 is 10.2 Å². The molecule has 4 heteroatoms. The predicted octanol–water partition coefficient (Wildman–Crippen LogP) is 1.47. The van der Waals surface area contributed by atoms with Gasteiger partial charge in [-0.1, -0.05) is 20.8 Å². The molecule has 3 unspecified atom stereocenters. The van der Waals surface area contributed by atoms with Gasteiger partial charge in [0.25, 0.3) is 0 Å². The molecule has 1 heterocycles. The molecule has 0 aromatic carbocycles. The molecule has 0 radical (unpaired) electrons. The zero-order chi connectivity index (χ0) is 15.0. The number of nitrogens with zero attached hydrogens (tertiary/aromatic N) is 1. The fourth-order valence-corrected chi connectivity index (χ4v) is 3.12. The third-order valence-corrected chi connectivity index (χ3v) is 4.26. The van der Waals surface area contributed by atoms with Crippen LogP contribution in [0.5, 0.6) is 0 Å². The average Bonchev–Trinajstić information content (AvgIpc) is 2.39. The van der Waals surface area contributed by atoms with Gasteiger partial charge in [0.15, 0.2) is 0 Å². The number of nitrogens with one attached hydrogen (secondary N) is 1. The van der Waals surface area contributed by atoms with Crippen LogP contribution in [0.4, 0.5) is 0 Å². The van der Waals surface area contributed by atoms with Crippen LogP contribution >= 0.6 is 0 Å². The van der Waals surface area contributed by atoms with Crippen LogP contribution in [-0.2, 0) is 0 Å². The van der Waals surface area contributed by atoms with Crippen molar-refractivity contribution >= 4 is 0 Å². The largest absolute Gasteiger partial charge is 0.396 e. The highest BCUT2D eigenvalue weighted by atomic mass is 16.3. The van der Waals surface area contributed by atoms with E-state index in [4.69, 9.17) is 5.11 Å². The first-order valence-corrected chi connectivity index (χ1v) is 8.31. The van der Waals surface area contributed by atoms with Gasteiger partial charge in [0.05, 0.1) is 6.10 Å². The lowest BCUT2D eigenvalue weighted by atomic mass is 9.86. The number of likely N-dealkylation sites (tertiary alicyclic amines) is 1. The fraction of sp³-hybridized carbons (Fsp3) is 1.00. The summed E-state index contributed by atoms with van der Waals surface area (Å²) in [6.07, 6.45) is 3.89. The van der Waals surface area contributed by atoms with Crippen molar-refractivity contribution in [3.63, 3.8) is 0 Å². The lowest BCUT2D eigenvalue weighted by Gasteiger charge is -2.39. The summed E-state index contributed by atoms with van der Waals surface area (Å²) in [7, 11) is 0. The van der Waals surface area contributed by atoms with E-state index in [1.165, 1.54) is 6.42 Å². The number of piperidine rings is 1. The van der Waals surface area contributed by atoms with Crippen LogP contribution in [0, 0.1) is 11.8 Å². The number of rotatable bonds is 9. The van der Waals surface area contributed by atoms with E-state index in [-0.39, 0.29) is 12.7 Å². The molecule has 1 saturated heterocycles. The zero-order valence-electron chi connectivity index (χ0n) is 13.5. The smallest absolute Gasteiger partial charge is 0.0566 e. The molecular formula is C16H34N2O2. The van der Waals surface area contributed by atoms with Crippen LogP contribution < -0.4 is 5.32 Å². The standard InChI is InChI=1S/C16H34N2O2/c1-4-7-18-11-14(10-16(20)13(2)3)9-15(12-18)17-6-5-8-19/h13-17,19-20H,4-12H2,1-3H3. The molecule has 4 nitrogen and oxygen atoms in total. The number of hydrogen-bond donors (Lipinski definition) is 3. The Morgan fingerprint density at radius 3 is 2.65 bits per heavy atom. The normalized spacial score (nSPS) is 26.1. The van der Waals surface area contributed by atoms with Crippen molar-refractivity contribution in [3.8, 4) is 0 Å². The van der Waals surface area contributed by atoms with Gasteiger partial charge in [-0.2, -0.15) is 0 Å². The van der Waals surface area contributed by atoms with Gasteiger partial charge in [0.2, 0.25) is 0 Å². The summed E-state index contributed by atoms with van der Waals surface area (Å²) in [6.45, 7) is 10.9. The first-order valence-electron chi connectivity index (χ1n) is 8.31. The van der Waals surface area contributed by atoms with Crippen molar-refractivity contribution in [1.82, 2.24) is 10.2 Å². The van der Waals surface area contributed by atoms with Gasteiger partial charge in [0.1, 0.15) is 0 Å². The summed E-state index contributed by atoms with van der Waals surface area (Å²) in [5.74, 6) is 0.927. The van der Waals surface area contributed by atoms with Crippen LogP contribution in [0.25, 0.3) is 0 Å². The summed E-state index contributed by atoms with van der Waals surface area (Å²) in [4.78, 5) is 2.53. The van der Waals surface area contributed by atoms with E-state index in [1.54, 1.807) is 0 Å². The Bertz CT molecular complexity index is 249. The molecule has 20 heavy (non-hydrogen) atoms.